The fourth-order valence-corrected chi connectivity index (χ4v) is 0.261. The van der Waals surface area contributed by atoms with Crippen molar-refractivity contribution in [3.8, 4) is 0 Å². The Bertz CT molecular complexity index is 109. The molecule has 0 aliphatic rings. The van der Waals surface area contributed by atoms with Crippen LogP contribution < -0.4 is 5.73 Å². The number of nitrogens with two attached hydrogens (primary N) is 1. The number of halogens is 2. The molecule has 3 N–H and O–H groups in total. The molecule has 0 saturated carbocycles. The van der Waals surface area contributed by atoms with Crippen molar-refractivity contribution in [2.45, 2.75) is 12.2 Å². The smallest absolute Gasteiger partial charge is 0.340 e. The third kappa shape index (κ3) is 2.36. The summed E-state index contributed by atoms with van der Waals surface area (Å²) in [4.78, 5) is 9.68. The van der Waals surface area contributed by atoms with E-state index in [1.165, 1.54) is 0 Å². The lowest BCUT2D eigenvalue weighted by molar-refractivity contribution is -0.143. The fourth-order valence-electron chi connectivity index (χ4n) is 0.261. The van der Waals surface area contributed by atoms with E-state index in [1.807, 2.05) is 0 Å². The normalized spacial score (nSPS) is 16.8. The van der Waals surface area contributed by atoms with Gasteiger partial charge in [0.05, 0.1) is 6.04 Å². The van der Waals surface area contributed by atoms with E-state index >= 15 is 0 Å². The van der Waals surface area contributed by atoms with Gasteiger partial charge in [-0.1, -0.05) is 0 Å². The Morgan fingerprint density at radius 1 is 1.78 bits per heavy atom. The molecule has 0 aromatic rings. The van der Waals surface area contributed by atoms with E-state index in [2.05, 4.69) is 5.73 Å². The predicted molar refractivity (Wildman–Crippen MR) is 26.5 cm³/mol. The number of rotatable bonds is 3. The van der Waals surface area contributed by atoms with Gasteiger partial charge in [0.25, 0.3) is 0 Å². The van der Waals surface area contributed by atoms with Crippen LogP contribution in [0.25, 0.3) is 0 Å². The lowest BCUT2D eigenvalue weighted by Crippen LogP contribution is -2.38. The molecule has 0 saturated heterocycles. The molecular formula is C4H7F2NO2. The standard InChI is InChI=1S/C4H7F2NO2/c5-1-2(7)3(6)4(8)9/h2-3H,1,7H2,(H,8,9). The Morgan fingerprint density at radius 3 is 2.33 bits per heavy atom. The maximum atomic E-state index is 12.0. The zero-order valence-electron chi connectivity index (χ0n) is 4.55. The third-order valence-electron chi connectivity index (χ3n) is 0.790. The monoisotopic (exact) mass is 139 g/mol. The lowest BCUT2D eigenvalue weighted by atomic mass is 10.2. The SMILES string of the molecule is NC(CF)C(F)C(=O)O. The highest BCUT2D eigenvalue weighted by Crippen LogP contribution is 1.96. The van der Waals surface area contributed by atoms with Crippen molar-refractivity contribution < 1.29 is 18.7 Å². The molecule has 9 heavy (non-hydrogen) atoms. The van der Waals surface area contributed by atoms with Crippen LogP contribution in [-0.2, 0) is 4.79 Å². The molecular weight excluding hydrogens is 132 g/mol. The number of hydrogen-bond donors (Lipinski definition) is 2. The molecule has 0 aliphatic heterocycles. The summed E-state index contributed by atoms with van der Waals surface area (Å²) in [7, 11) is 0. The van der Waals surface area contributed by atoms with Gasteiger partial charge < -0.3 is 10.8 Å². The summed E-state index contributed by atoms with van der Waals surface area (Å²) in [6.45, 7) is -1.16. The van der Waals surface area contributed by atoms with E-state index in [1.54, 1.807) is 0 Å². The van der Waals surface area contributed by atoms with Crippen molar-refractivity contribution in [1.29, 1.82) is 0 Å². The Hall–Kier alpha value is -0.710. The van der Waals surface area contributed by atoms with Gasteiger partial charge in [0.2, 0.25) is 6.17 Å². The molecule has 0 fully saturated rings. The van der Waals surface area contributed by atoms with Gasteiger partial charge in [-0.3, -0.25) is 0 Å². The maximum Gasteiger partial charge on any atom is 0.340 e. The minimum absolute atomic E-state index is 1.16. The van der Waals surface area contributed by atoms with Crippen LogP contribution in [0.3, 0.4) is 0 Å². The second-order valence-electron chi connectivity index (χ2n) is 1.56. The maximum absolute atomic E-state index is 12.0. The van der Waals surface area contributed by atoms with Crippen molar-refractivity contribution in [3.05, 3.63) is 0 Å². The molecule has 0 aromatic carbocycles. The highest BCUT2D eigenvalue weighted by molar-refractivity contribution is 5.73. The topological polar surface area (TPSA) is 63.3 Å². The van der Waals surface area contributed by atoms with Crippen molar-refractivity contribution >= 4 is 5.97 Å². The first kappa shape index (κ1) is 8.29. The van der Waals surface area contributed by atoms with E-state index in [0.717, 1.165) is 0 Å². The predicted octanol–water partition coefficient (Wildman–Crippen LogP) is -0.294. The number of carbonyl (C=O) groups is 1. The molecule has 0 rings (SSSR count). The molecule has 54 valence electrons. The molecule has 0 radical (unpaired) electrons. The molecule has 2 unspecified atom stereocenters. The number of carboxylic acid groups (broad SMARTS) is 1. The molecule has 0 aliphatic carbocycles. The first-order chi connectivity index (χ1) is 4.09. The quantitative estimate of drug-likeness (QED) is 0.564. The first-order valence-corrected chi connectivity index (χ1v) is 2.28. The highest BCUT2D eigenvalue weighted by Gasteiger charge is 2.23. The average molecular weight is 139 g/mol. The highest BCUT2D eigenvalue weighted by atomic mass is 19.1. The van der Waals surface area contributed by atoms with Crippen LogP contribution in [0.1, 0.15) is 0 Å². The van der Waals surface area contributed by atoms with Crippen LogP contribution in [0.2, 0.25) is 0 Å². The molecule has 5 heteroatoms. The van der Waals surface area contributed by atoms with Crippen LogP contribution in [0.4, 0.5) is 8.78 Å². The van der Waals surface area contributed by atoms with E-state index < -0.39 is 24.9 Å². The lowest BCUT2D eigenvalue weighted by Gasteiger charge is -2.06. The Kier molecular flexibility index (Phi) is 3.08. The van der Waals surface area contributed by atoms with Gasteiger partial charge in [0, 0.05) is 0 Å². The summed E-state index contributed by atoms with van der Waals surface area (Å²) >= 11 is 0. The van der Waals surface area contributed by atoms with E-state index in [4.69, 9.17) is 5.11 Å². The largest absolute Gasteiger partial charge is 0.479 e. The zero-order chi connectivity index (χ0) is 7.44. The van der Waals surface area contributed by atoms with Crippen LogP contribution in [0.5, 0.6) is 0 Å². The second-order valence-corrected chi connectivity index (χ2v) is 1.56. The number of hydrogen-bond acceptors (Lipinski definition) is 2. The first-order valence-electron chi connectivity index (χ1n) is 2.28. The van der Waals surface area contributed by atoms with Gasteiger partial charge in [0.1, 0.15) is 6.67 Å². The molecule has 0 spiro atoms. The van der Waals surface area contributed by atoms with Crippen molar-refractivity contribution in [2.75, 3.05) is 6.67 Å². The molecule has 2 atom stereocenters. The summed E-state index contributed by atoms with van der Waals surface area (Å²) in [5, 5.41) is 7.86. The molecule has 0 amide bonds. The zero-order valence-corrected chi connectivity index (χ0v) is 4.55. The van der Waals surface area contributed by atoms with Crippen molar-refractivity contribution in [2.24, 2.45) is 5.73 Å². The van der Waals surface area contributed by atoms with E-state index in [-0.39, 0.29) is 0 Å². The van der Waals surface area contributed by atoms with E-state index in [9.17, 15) is 13.6 Å². The molecule has 0 heterocycles. The summed E-state index contributed by atoms with van der Waals surface area (Å²) in [6, 6.07) is -1.54. The molecule has 0 bridgehead atoms. The summed E-state index contributed by atoms with van der Waals surface area (Å²) in [5.41, 5.74) is 4.69. The van der Waals surface area contributed by atoms with Crippen LogP contribution in [-0.4, -0.2) is 30.0 Å². The van der Waals surface area contributed by atoms with Gasteiger partial charge >= 0.3 is 5.97 Å². The van der Waals surface area contributed by atoms with E-state index in [0.29, 0.717) is 0 Å². The van der Waals surface area contributed by atoms with Crippen LogP contribution in [0, 0.1) is 0 Å². The third-order valence-corrected chi connectivity index (χ3v) is 0.790. The van der Waals surface area contributed by atoms with Crippen molar-refractivity contribution in [1.82, 2.24) is 0 Å². The fraction of sp³-hybridized carbons (Fsp3) is 0.750. The number of carboxylic acids is 1. The summed E-state index contributed by atoms with van der Waals surface area (Å²) in [6.07, 6.45) is -2.30. The van der Waals surface area contributed by atoms with Gasteiger partial charge in [-0.25, -0.2) is 13.6 Å². The van der Waals surface area contributed by atoms with Crippen LogP contribution in [0.15, 0.2) is 0 Å². The summed E-state index contributed by atoms with van der Waals surface area (Å²) < 4.78 is 23.3. The average Bonchev–Trinajstić information content (AvgIpc) is 1.84. The molecule has 0 aromatic heterocycles. The van der Waals surface area contributed by atoms with Crippen molar-refractivity contribution in [3.63, 3.8) is 0 Å². The van der Waals surface area contributed by atoms with Gasteiger partial charge in [-0.15, -0.1) is 0 Å². The van der Waals surface area contributed by atoms with Gasteiger partial charge in [-0.05, 0) is 0 Å². The minimum Gasteiger partial charge on any atom is -0.479 e. The Labute approximate surface area is 50.5 Å². The summed E-state index contributed by atoms with van der Waals surface area (Å²) in [5.74, 6) is -1.72. The van der Waals surface area contributed by atoms with Crippen LogP contribution >= 0.6 is 0 Å². The molecule has 3 nitrogen and oxygen atoms in total. The van der Waals surface area contributed by atoms with Gasteiger partial charge in [0.15, 0.2) is 0 Å². The minimum atomic E-state index is -2.30. The van der Waals surface area contributed by atoms with Gasteiger partial charge in [-0.2, -0.15) is 0 Å². The number of aliphatic carboxylic acids is 1. The Balaban J connectivity index is 3.72. The second kappa shape index (κ2) is 3.34. The Morgan fingerprint density at radius 2 is 2.22 bits per heavy atom. The number of alkyl halides is 2.